The van der Waals surface area contributed by atoms with Crippen molar-refractivity contribution in [1.29, 1.82) is 5.26 Å². The molecular weight excluding hydrogens is 426 g/mol. The Balaban J connectivity index is 1.53. The van der Waals surface area contributed by atoms with Crippen LogP contribution in [0, 0.1) is 11.3 Å². The van der Waals surface area contributed by atoms with Crippen LogP contribution in [0.1, 0.15) is 34.6 Å². The molecule has 2 heterocycles. The summed E-state index contributed by atoms with van der Waals surface area (Å²) in [5.74, 6) is 1.50. The first-order chi connectivity index (χ1) is 15.6. The standard InChI is InChI=1S/C24H24ClN5O2/c1-32-21-6-5-17(12-26)18(10-21)11-23-28-13-20(29-23)15-30(22-7-8-27-24(22)31)14-16-3-2-4-19(25)9-16/h2-6,9-10,13,22H,7-8,11,14-15H2,1H3,(H,27,31)(H,28,29). The molecule has 8 heteroatoms. The third-order valence-electron chi connectivity index (χ3n) is 5.58. The first-order valence-electron chi connectivity index (χ1n) is 10.4. The van der Waals surface area contributed by atoms with Gasteiger partial charge < -0.3 is 15.0 Å². The largest absolute Gasteiger partial charge is 0.497 e. The summed E-state index contributed by atoms with van der Waals surface area (Å²) in [5, 5.41) is 13.0. The third-order valence-corrected chi connectivity index (χ3v) is 5.82. The van der Waals surface area contributed by atoms with Crippen LogP contribution in [-0.4, -0.2) is 40.5 Å². The third kappa shape index (κ3) is 5.10. The number of nitrogens with one attached hydrogen (secondary N) is 2. The minimum absolute atomic E-state index is 0.0433. The van der Waals surface area contributed by atoms with E-state index in [2.05, 4.69) is 26.3 Å². The lowest BCUT2D eigenvalue weighted by Crippen LogP contribution is -2.39. The Labute approximate surface area is 192 Å². The van der Waals surface area contributed by atoms with Crippen molar-refractivity contribution >= 4 is 17.5 Å². The molecule has 0 spiro atoms. The molecule has 1 fully saturated rings. The predicted molar refractivity (Wildman–Crippen MR) is 121 cm³/mol. The molecule has 0 bridgehead atoms. The summed E-state index contributed by atoms with van der Waals surface area (Å²) >= 11 is 6.16. The number of H-pyrrole nitrogens is 1. The molecule has 2 N–H and O–H groups in total. The molecule has 32 heavy (non-hydrogen) atoms. The molecule has 0 radical (unpaired) electrons. The van der Waals surface area contributed by atoms with Crippen LogP contribution in [0.5, 0.6) is 5.75 Å². The molecule has 1 aliphatic rings. The lowest BCUT2D eigenvalue weighted by Gasteiger charge is -2.26. The van der Waals surface area contributed by atoms with Crippen molar-refractivity contribution in [3.63, 3.8) is 0 Å². The smallest absolute Gasteiger partial charge is 0.237 e. The minimum Gasteiger partial charge on any atom is -0.497 e. The van der Waals surface area contributed by atoms with Gasteiger partial charge in [-0.2, -0.15) is 5.26 Å². The van der Waals surface area contributed by atoms with E-state index in [1.807, 2.05) is 30.3 Å². The number of ether oxygens (including phenoxy) is 1. The first-order valence-corrected chi connectivity index (χ1v) is 10.8. The monoisotopic (exact) mass is 449 g/mol. The fraction of sp³-hybridized carbons (Fsp3) is 0.292. The number of benzene rings is 2. The van der Waals surface area contributed by atoms with E-state index >= 15 is 0 Å². The highest BCUT2D eigenvalue weighted by Gasteiger charge is 2.30. The van der Waals surface area contributed by atoms with E-state index in [0.29, 0.717) is 42.4 Å². The van der Waals surface area contributed by atoms with Crippen molar-refractivity contribution in [1.82, 2.24) is 20.2 Å². The molecule has 3 aromatic rings. The van der Waals surface area contributed by atoms with Crippen molar-refractivity contribution in [2.75, 3.05) is 13.7 Å². The Hall–Kier alpha value is -3.34. The summed E-state index contributed by atoms with van der Waals surface area (Å²) in [6.07, 6.45) is 3.04. The zero-order valence-corrected chi connectivity index (χ0v) is 18.5. The second-order valence-electron chi connectivity index (χ2n) is 7.80. The van der Waals surface area contributed by atoms with Gasteiger partial charge in [0.25, 0.3) is 0 Å². The second kappa shape index (κ2) is 9.86. The van der Waals surface area contributed by atoms with Crippen molar-refractivity contribution in [3.05, 3.63) is 81.9 Å². The molecule has 1 aromatic heterocycles. The summed E-state index contributed by atoms with van der Waals surface area (Å²) in [7, 11) is 1.60. The molecule has 1 saturated heterocycles. The van der Waals surface area contributed by atoms with Gasteiger partial charge in [0.2, 0.25) is 5.91 Å². The van der Waals surface area contributed by atoms with E-state index in [-0.39, 0.29) is 11.9 Å². The fourth-order valence-electron chi connectivity index (χ4n) is 4.00. The number of rotatable bonds is 8. The number of nitrogens with zero attached hydrogens (tertiary/aromatic N) is 3. The van der Waals surface area contributed by atoms with Gasteiger partial charge in [-0.3, -0.25) is 9.69 Å². The highest BCUT2D eigenvalue weighted by Crippen LogP contribution is 2.22. The number of amides is 1. The van der Waals surface area contributed by atoms with Gasteiger partial charge in [-0.1, -0.05) is 23.7 Å². The number of halogens is 1. The summed E-state index contributed by atoms with van der Waals surface area (Å²) in [4.78, 5) is 22.4. The Morgan fingerprint density at radius 3 is 2.88 bits per heavy atom. The van der Waals surface area contributed by atoms with Gasteiger partial charge in [-0.25, -0.2) is 4.98 Å². The zero-order valence-electron chi connectivity index (χ0n) is 17.8. The lowest BCUT2D eigenvalue weighted by molar-refractivity contribution is -0.124. The summed E-state index contributed by atoms with van der Waals surface area (Å²) < 4.78 is 5.29. The predicted octanol–water partition coefficient (Wildman–Crippen LogP) is 3.42. The Morgan fingerprint density at radius 1 is 1.28 bits per heavy atom. The van der Waals surface area contributed by atoms with Crippen LogP contribution in [0.25, 0.3) is 0 Å². The number of aromatic amines is 1. The van der Waals surface area contributed by atoms with Gasteiger partial charge in [0.05, 0.1) is 24.8 Å². The number of hydrogen-bond donors (Lipinski definition) is 2. The maximum absolute atomic E-state index is 12.4. The van der Waals surface area contributed by atoms with Gasteiger partial charge in [-0.15, -0.1) is 0 Å². The SMILES string of the molecule is COc1ccc(C#N)c(Cc2ncc(CN(Cc3cccc(Cl)c3)C3CCNC3=O)[nH]2)c1. The highest BCUT2D eigenvalue weighted by molar-refractivity contribution is 6.30. The molecule has 1 atom stereocenters. The Bertz CT molecular complexity index is 1150. The average molecular weight is 450 g/mol. The van der Waals surface area contributed by atoms with Gasteiger partial charge in [0.1, 0.15) is 11.6 Å². The van der Waals surface area contributed by atoms with Crippen LogP contribution < -0.4 is 10.1 Å². The summed E-state index contributed by atoms with van der Waals surface area (Å²) in [6.45, 7) is 1.82. The van der Waals surface area contributed by atoms with Gasteiger partial charge in [0.15, 0.2) is 0 Å². The number of methoxy groups -OCH3 is 1. The van der Waals surface area contributed by atoms with Gasteiger partial charge in [-0.05, 0) is 47.9 Å². The molecule has 1 amide bonds. The van der Waals surface area contributed by atoms with Crippen LogP contribution >= 0.6 is 11.6 Å². The topological polar surface area (TPSA) is 94.0 Å². The zero-order chi connectivity index (χ0) is 22.5. The van der Waals surface area contributed by atoms with E-state index in [9.17, 15) is 10.1 Å². The van der Waals surface area contributed by atoms with Crippen LogP contribution in [0.3, 0.4) is 0 Å². The number of carbonyl (C=O) groups excluding carboxylic acids is 1. The van der Waals surface area contributed by atoms with Crippen molar-refractivity contribution < 1.29 is 9.53 Å². The normalized spacial score (nSPS) is 15.6. The van der Waals surface area contributed by atoms with Crippen LogP contribution in [0.15, 0.2) is 48.7 Å². The molecule has 7 nitrogen and oxygen atoms in total. The average Bonchev–Trinajstić information content (AvgIpc) is 3.41. The summed E-state index contributed by atoms with van der Waals surface area (Å²) in [6, 6.07) is 15.1. The highest BCUT2D eigenvalue weighted by atomic mass is 35.5. The maximum Gasteiger partial charge on any atom is 0.237 e. The van der Waals surface area contributed by atoms with Crippen molar-refractivity contribution in [2.45, 2.75) is 32.0 Å². The van der Waals surface area contributed by atoms with E-state index in [0.717, 1.165) is 29.1 Å². The summed E-state index contributed by atoms with van der Waals surface area (Å²) in [5.41, 5.74) is 3.39. The van der Waals surface area contributed by atoms with Crippen molar-refractivity contribution in [2.24, 2.45) is 0 Å². The van der Waals surface area contributed by atoms with Crippen LogP contribution in [-0.2, 0) is 24.3 Å². The number of aromatic nitrogens is 2. The molecule has 0 saturated carbocycles. The number of hydrogen-bond acceptors (Lipinski definition) is 5. The molecule has 1 aliphatic heterocycles. The number of imidazole rings is 1. The molecule has 0 aliphatic carbocycles. The molecule has 2 aromatic carbocycles. The van der Waals surface area contributed by atoms with E-state index in [4.69, 9.17) is 16.3 Å². The molecule has 164 valence electrons. The fourth-order valence-corrected chi connectivity index (χ4v) is 4.22. The minimum atomic E-state index is -0.204. The first kappa shape index (κ1) is 21.9. The van der Waals surface area contributed by atoms with Crippen LogP contribution in [0.4, 0.5) is 0 Å². The second-order valence-corrected chi connectivity index (χ2v) is 8.23. The van der Waals surface area contributed by atoms with E-state index in [1.54, 1.807) is 25.4 Å². The number of carbonyl (C=O) groups is 1. The lowest BCUT2D eigenvalue weighted by atomic mass is 10.0. The van der Waals surface area contributed by atoms with Crippen LogP contribution in [0.2, 0.25) is 5.02 Å². The molecular formula is C24H24ClN5O2. The Kier molecular flexibility index (Phi) is 6.74. The van der Waals surface area contributed by atoms with E-state index in [1.165, 1.54) is 0 Å². The van der Waals surface area contributed by atoms with Gasteiger partial charge >= 0.3 is 0 Å². The molecule has 4 rings (SSSR count). The van der Waals surface area contributed by atoms with E-state index < -0.39 is 0 Å². The Morgan fingerprint density at radius 2 is 2.16 bits per heavy atom. The number of nitriles is 1. The van der Waals surface area contributed by atoms with Crippen molar-refractivity contribution in [3.8, 4) is 11.8 Å². The maximum atomic E-state index is 12.4. The molecule has 1 unspecified atom stereocenters. The quantitative estimate of drug-likeness (QED) is 0.549. The van der Waals surface area contributed by atoms with Gasteiger partial charge in [0, 0.05) is 43.0 Å².